The van der Waals surface area contributed by atoms with Gasteiger partial charge in [0.2, 0.25) is 0 Å². The Labute approximate surface area is 191 Å². The molecule has 0 saturated heterocycles. The minimum Gasteiger partial charge on any atom is -0.271 e. The van der Waals surface area contributed by atoms with E-state index in [0.717, 1.165) is 48.1 Å². The normalized spacial score (nSPS) is 14.9. The maximum Gasteiger partial charge on any atom is 0.264 e. The van der Waals surface area contributed by atoms with Gasteiger partial charge in [0, 0.05) is 5.71 Å². The van der Waals surface area contributed by atoms with Crippen LogP contribution in [0.25, 0.3) is 0 Å². The lowest BCUT2D eigenvalue weighted by molar-refractivity contribution is -0.119. The molecule has 32 heavy (non-hydrogen) atoms. The lowest BCUT2D eigenvalue weighted by Crippen LogP contribution is -2.40. The summed E-state index contributed by atoms with van der Waals surface area (Å²) in [5.74, 6) is -0.448. The average Bonchev–Trinajstić information content (AvgIpc) is 2.73. The Morgan fingerprint density at radius 2 is 1.50 bits per heavy atom. The van der Waals surface area contributed by atoms with Gasteiger partial charge in [0.05, 0.1) is 10.6 Å². The van der Waals surface area contributed by atoms with Gasteiger partial charge in [-0.05, 0) is 75.8 Å². The fraction of sp³-hybridized carbons (Fsp3) is 0.440. The summed E-state index contributed by atoms with van der Waals surface area (Å²) in [4.78, 5) is 13.0. The van der Waals surface area contributed by atoms with E-state index >= 15 is 0 Å². The standard InChI is InChI=1S/C25H33N3O3S/c1-19-12-15-23(16-13-19)32(30,31)28(24-17-20(2)11-14-21(24)3)18-25(29)27-26-22-9-7-5-4-6-8-10-22/h11-17H,4-10,18H2,1-3H3,(H,27,29). The number of hydrogen-bond donors (Lipinski definition) is 1. The number of amides is 1. The molecule has 0 heterocycles. The number of hydrazone groups is 1. The Hall–Kier alpha value is -2.67. The minimum absolute atomic E-state index is 0.156. The van der Waals surface area contributed by atoms with Gasteiger partial charge in [-0.15, -0.1) is 0 Å². The summed E-state index contributed by atoms with van der Waals surface area (Å²) < 4.78 is 28.3. The number of sulfonamides is 1. The molecule has 1 aliphatic rings. The largest absolute Gasteiger partial charge is 0.271 e. The van der Waals surface area contributed by atoms with E-state index in [1.807, 2.05) is 32.9 Å². The molecular weight excluding hydrogens is 422 g/mol. The number of benzene rings is 2. The second-order valence-electron chi connectivity index (χ2n) is 8.60. The van der Waals surface area contributed by atoms with E-state index < -0.39 is 15.9 Å². The molecule has 1 aliphatic carbocycles. The van der Waals surface area contributed by atoms with Crippen molar-refractivity contribution in [2.45, 2.75) is 70.6 Å². The molecule has 7 heteroatoms. The molecule has 1 fully saturated rings. The van der Waals surface area contributed by atoms with Gasteiger partial charge in [0.1, 0.15) is 6.54 Å². The van der Waals surface area contributed by atoms with Crippen molar-refractivity contribution >= 4 is 27.3 Å². The van der Waals surface area contributed by atoms with E-state index in [2.05, 4.69) is 10.5 Å². The highest BCUT2D eigenvalue weighted by Crippen LogP contribution is 2.28. The lowest BCUT2D eigenvalue weighted by atomic mass is 9.99. The molecule has 0 atom stereocenters. The first-order valence-electron chi connectivity index (χ1n) is 11.3. The molecule has 0 aliphatic heterocycles. The topological polar surface area (TPSA) is 78.8 Å². The second kappa shape index (κ2) is 10.8. The smallest absolute Gasteiger partial charge is 0.264 e. The van der Waals surface area contributed by atoms with Crippen LogP contribution in [0.3, 0.4) is 0 Å². The van der Waals surface area contributed by atoms with Crippen molar-refractivity contribution in [1.29, 1.82) is 0 Å². The van der Waals surface area contributed by atoms with Crippen molar-refractivity contribution in [1.82, 2.24) is 5.43 Å². The first-order valence-corrected chi connectivity index (χ1v) is 12.7. The molecule has 172 valence electrons. The van der Waals surface area contributed by atoms with Crippen molar-refractivity contribution < 1.29 is 13.2 Å². The molecule has 1 N–H and O–H groups in total. The van der Waals surface area contributed by atoms with Crippen molar-refractivity contribution in [2.24, 2.45) is 5.10 Å². The summed E-state index contributed by atoms with van der Waals surface area (Å²) in [6, 6.07) is 12.3. The number of nitrogens with zero attached hydrogens (tertiary/aromatic N) is 2. The van der Waals surface area contributed by atoms with Gasteiger partial charge < -0.3 is 0 Å². The molecular formula is C25H33N3O3S. The van der Waals surface area contributed by atoms with Crippen molar-refractivity contribution in [3.63, 3.8) is 0 Å². The van der Waals surface area contributed by atoms with Gasteiger partial charge in [0.25, 0.3) is 15.9 Å². The van der Waals surface area contributed by atoms with Crippen LogP contribution < -0.4 is 9.73 Å². The molecule has 0 bridgehead atoms. The maximum absolute atomic E-state index is 13.5. The van der Waals surface area contributed by atoms with Crippen LogP contribution in [0.2, 0.25) is 0 Å². The number of carbonyl (C=O) groups excluding carboxylic acids is 1. The Morgan fingerprint density at radius 1 is 0.906 bits per heavy atom. The first kappa shape index (κ1) is 24.0. The summed E-state index contributed by atoms with van der Waals surface area (Å²) in [5.41, 5.74) is 6.77. The van der Waals surface area contributed by atoms with Crippen LogP contribution in [-0.4, -0.2) is 26.6 Å². The molecule has 3 rings (SSSR count). The highest BCUT2D eigenvalue weighted by Gasteiger charge is 2.28. The van der Waals surface area contributed by atoms with Gasteiger partial charge in [-0.2, -0.15) is 5.10 Å². The molecule has 0 aromatic heterocycles. The predicted molar refractivity (Wildman–Crippen MR) is 130 cm³/mol. The van der Waals surface area contributed by atoms with Crippen molar-refractivity contribution in [2.75, 3.05) is 10.8 Å². The number of nitrogens with one attached hydrogen (secondary N) is 1. The van der Waals surface area contributed by atoms with Gasteiger partial charge in [-0.25, -0.2) is 13.8 Å². The molecule has 2 aromatic rings. The van der Waals surface area contributed by atoms with Crippen LogP contribution in [-0.2, 0) is 14.8 Å². The average molecular weight is 456 g/mol. The van der Waals surface area contributed by atoms with Crippen molar-refractivity contribution in [3.8, 4) is 0 Å². The van der Waals surface area contributed by atoms with E-state index in [1.54, 1.807) is 30.3 Å². The van der Waals surface area contributed by atoms with Crippen LogP contribution in [0.5, 0.6) is 0 Å². The Balaban J connectivity index is 1.88. The number of carbonyl (C=O) groups is 1. The van der Waals surface area contributed by atoms with Crippen LogP contribution in [0.4, 0.5) is 5.69 Å². The third kappa shape index (κ3) is 6.19. The Kier molecular flexibility index (Phi) is 8.07. The molecule has 1 amide bonds. The second-order valence-corrected chi connectivity index (χ2v) is 10.5. The molecule has 0 radical (unpaired) electrons. The number of anilines is 1. The summed E-state index contributed by atoms with van der Waals surface area (Å²) >= 11 is 0. The van der Waals surface area contributed by atoms with Crippen LogP contribution in [0, 0.1) is 20.8 Å². The van der Waals surface area contributed by atoms with E-state index in [-0.39, 0.29) is 11.4 Å². The van der Waals surface area contributed by atoms with Crippen molar-refractivity contribution in [3.05, 3.63) is 59.2 Å². The molecule has 6 nitrogen and oxygen atoms in total. The summed E-state index contributed by atoms with van der Waals surface area (Å²) in [5, 5.41) is 4.33. The van der Waals surface area contributed by atoms with Gasteiger partial charge in [0.15, 0.2) is 0 Å². The van der Waals surface area contributed by atoms with E-state index in [0.29, 0.717) is 5.69 Å². The number of rotatable bonds is 6. The maximum atomic E-state index is 13.5. The summed E-state index contributed by atoms with van der Waals surface area (Å²) in [6.07, 6.45) is 7.52. The zero-order valence-electron chi connectivity index (χ0n) is 19.2. The SMILES string of the molecule is Cc1ccc(S(=O)(=O)N(CC(=O)NN=C2CCCCCCC2)c2cc(C)ccc2C)cc1. The fourth-order valence-corrected chi connectivity index (χ4v) is 5.34. The third-order valence-electron chi connectivity index (χ3n) is 5.80. The molecule has 0 spiro atoms. The molecule has 2 aromatic carbocycles. The number of aryl methyl sites for hydroxylation is 3. The van der Waals surface area contributed by atoms with Crippen LogP contribution in [0.15, 0.2) is 52.5 Å². The van der Waals surface area contributed by atoms with E-state index in [4.69, 9.17) is 0 Å². The third-order valence-corrected chi connectivity index (χ3v) is 7.57. The van der Waals surface area contributed by atoms with E-state index in [9.17, 15) is 13.2 Å². The monoisotopic (exact) mass is 455 g/mol. The minimum atomic E-state index is -3.94. The Morgan fingerprint density at radius 3 is 2.16 bits per heavy atom. The fourth-order valence-electron chi connectivity index (χ4n) is 3.86. The lowest BCUT2D eigenvalue weighted by Gasteiger charge is -2.26. The van der Waals surface area contributed by atoms with Gasteiger partial charge in [-0.1, -0.05) is 49.1 Å². The first-order chi connectivity index (χ1) is 15.3. The molecule has 0 unspecified atom stereocenters. The highest BCUT2D eigenvalue weighted by molar-refractivity contribution is 7.92. The predicted octanol–water partition coefficient (Wildman–Crippen LogP) is 5.02. The van der Waals surface area contributed by atoms with Gasteiger partial charge in [-0.3, -0.25) is 9.10 Å². The highest BCUT2D eigenvalue weighted by atomic mass is 32.2. The van der Waals surface area contributed by atoms with Crippen LogP contribution in [0.1, 0.15) is 61.6 Å². The van der Waals surface area contributed by atoms with Gasteiger partial charge >= 0.3 is 0 Å². The quantitative estimate of drug-likeness (QED) is 0.621. The number of hydrogen-bond acceptors (Lipinski definition) is 4. The molecule has 1 saturated carbocycles. The zero-order valence-corrected chi connectivity index (χ0v) is 20.0. The Bertz CT molecular complexity index is 1070. The van der Waals surface area contributed by atoms with E-state index in [1.165, 1.54) is 23.6 Å². The summed E-state index contributed by atoms with van der Waals surface area (Å²) in [7, 11) is -3.94. The van der Waals surface area contributed by atoms with Crippen LogP contribution >= 0.6 is 0 Å². The summed E-state index contributed by atoms with van der Waals surface area (Å²) in [6.45, 7) is 5.32. The zero-order chi connectivity index (χ0) is 23.1.